The lowest BCUT2D eigenvalue weighted by atomic mass is 10.1. The molecule has 2 unspecified atom stereocenters. The predicted molar refractivity (Wildman–Crippen MR) is 60.3 cm³/mol. The van der Waals surface area contributed by atoms with E-state index in [1.807, 2.05) is 0 Å². The Morgan fingerprint density at radius 1 is 1.62 bits per heavy atom. The van der Waals surface area contributed by atoms with Crippen molar-refractivity contribution < 1.29 is 14.7 Å². The molecule has 0 aromatic carbocycles. The Kier molecular flexibility index (Phi) is 5.02. The molecule has 3 N–H and O–H groups in total. The smallest absolute Gasteiger partial charge is 0.320 e. The van der Waals surface area contributed by atoms with Crippen molar-refractivity contribution in [2.45, 2.75) is 37.1 Å². The molecule has 16 heavy (non-hydrogen) atoms. The number of halogens is 1. The van der Waals surface area contributed by atoms with Crippen LogP contribution in [0.5, 0.6) is 0 Å². The standard InChI is InChI=1S/C10H17ClN2O3/c11-7-5-9(14)13(6-7)4-2-1-3-8(12)10(15)16/h7-8H,1-6,12H2,(H,15,16). The topological polar surface area (TPSA) is 83.6 Å². The fourth-order valence-corrected chi connectivity index (χ4v) is 2.03. The number of carbonyl (C=O) groups excluding carboxylic acids is 1. The van der Waals surface area contributed by atoms with Crippen molar-refractivity contribution >= 4 is 23.5 Å². The van der Waals surface area contributed by atoms with E-state index in [1.54, 1.807) is 4.90 Å². The van der Waals surface area contributed by atoms with Crippen LogP contribution in [0.1, 0.15) is 25.7 Å². The highest BCUT2D eigenvalue weighted by Gasteiger charge is 2.27. The van der Waals surface area contributed by atoms with Gasteiger partial charge in [0.15, 0.2) is 0 Å². The first kappa shape index (κ1) is 13.3. The van der Waals surface area contributed by atoms with Crippen molar-refractivity contribution in [2.75, 3.05) is 13.1 Å². The molecule has 1 aliphatic rings. The average Bonchev–Trinajstić information content (AvgIpc) is 2.51. The summed E-state index contributed by atoms with van der Waals surface area (Å²) in [5, 5.41) is 8.49. The van der Waals surface area contributed by atoms with Gasteiger partial charge in [0.05, 0.1) is 5.38 Å². The minimum absolute atomic E-state index is 0.0752. The van der Waals surface area contributed by atoms with Gasteiger partial charge in [0.25, 0.3) is 0 Å². The van der Waals surface area contributed by atoms with Gasteiger partial charge < -0.3 is 15.7 Å². The van der Waals surface area contributed by atoms with E-state index in [-0.39, 0.29) is 11.3 Å². The molecule has 1 fully saturated rings. The van der Waals surface area contributed by atoms with Gasteiger partial charge in [-0.05, 0) is 19.3 Å². The lowest BCUT2D eigenvalue weighted by Gasteiger charge is -2.15. The second-order valence-corrected chi connectivity index (χ2v) is 4.70. The Morgan fingerprint density at radius 3 is 2.81 bits per heavy atom. The van der Waals surface area contributed by atoms with Crippen molar-refractivity contribution in [1.82, 2.24) is 4.90 Å². The Labute approximate surface area is 99.5 Å². The van der Waals surface area contributed by atoms with Crippen molar-refractivity contribution in [3.63, 3.8) is 0 Å². The van der Waals surface area contributed by atoms with Crippen LogP contribution in [0.4, 0.5) is 0 Å². The van der Waals surface area contributed by atoms with Crippen molar-refractivity contribution in [3.05, 3.63) is 0 Å². The number of carboxylic acid groups (broad SMARTS) is 1. The first-order valence-corrected chi connectivity index (χ1v) is 5.84. The number of nitrogens with zero attached hydrogens (tertiary/aromatic N) is 1. The third-order valence-electron chi connectivity index (χ3n) is 2.68. The number of carboxylic acids is 1. The van der Waals surface area contributed by atoms with Gasteiger partial charge in [-0.25, -0.2) is 0 Å². The number of hydrogen-bond donors (Lipinski definition) is 2. The third-order valence-corrected chi connectivity index (χ3v) is 2.97. The maximum atomic E-state index is 11.3. The number of likely N-dealkylation sites (tertiary alicyclic amines) is 1. The van der Waals surface area contributed by atoms with E-state index in [9.17, 15) is 9.59 Å². The molecule has 2 atom stereocenters. The molecule has 0 saturated carbocycles. The summed E-state index contributed by atoms with van der Waals surface area (Å²) in [5.74, 6) is -0.888. The number of rotatable bonds is 6. The summed E-state index contributed by atoms with van der Waals surface area (Å²) in [6, 6.07) is -0.796. The summed E-state index contributed by atoms with van der Waals surface area (Å²) in [4.78, 5) is 23.5. The molecule has 1 amide bonds. The first-order valence-electron chi connectivity index (χ1n) is 5.41. The Bertz CT molecular complexity index is 273. The van der Waals surface area contributed by atoms with Gasteiger partial charge in [-0.3, -0.25) is 9.59 Å². The van der Waals surface area contributed by atoms with Gasteiger partial charge in [-0.15, -0.1) is 11.6 Å². The zero-order valence-corrected chi connectivity index (χ0v) is 9.82. The van der Waals surface area contributed by atoms with Gasteiger partial charge in [0.1, 0.15) is 6.04 Å². The predicted octanol–water partition coefficient (Wildman–Crippen LogP) is 0.408. The van der Waals surface area contributed by atoms with Crippen LogP contribution in [-0.2, 0) is 9.59 Å². The van der Waals surface area contributed by atoms with E-state index in [0.717, 1.165) is 6.42 Å². The second-order valence-electron chi connectivity index (χ2n) is 4.08. The molecule has 0 aromatic heterocycles. The molecule has 1 rings (SSSR count). The van der Waals surface area contributed by atoms with Crippen LogP contribution in [0.2, 0.25) is 0 Å². The number of unbranched alkanes of at least 4 members (excludes halogenated alkanes) is 1. The normalized spacial score (nSPS) is 22.5. The SMILES string of the molecule is NC(CCCCN1CC(Cl)CC1=O)C(=O)O. The van der Waals surface area contributed by atoms with E-state index in [1.165, 1.54) is 0 Å². The highest BCUT2D eigenvalue weighted by molar-refractivity contribution is 6.22. The van der Waals surface area contributed by atoms with Crippen molar-refractivity contribution in [2.24, 2.45) is 5.73 Å². The van der Waals surface area contributed by atoms with Crippen LogP contribution in [0, 0.1) is 0 Å². The molecule has 1 saturated heterocycles. The third kappa shape index (κ3) is 3.98. The summed E-state index contributed by atoms with van der Waals surface area (Å²) in [6.45, 7) is 1.25. The van der Waals surface area contributed by atoms with E-state index >= 15 is 0 Å². The summed E-state index contributed by atoms with van der Waals surface area (Å²) >= 11 is 5.85. The number of alkyl halides is 1. The molecule has 0 bridgehead atoms. The lowest BCUT2D eigenvalue weighted by Crippen LogP contribution is -2.30. The van der Waals surface area contributed by atoms with Gasteiger partial charge >= 0.3 is 5.97 Å². The van der Waals surface area contributed by atoms with Gasteiger partial charge in [0, 0.05) is 19.5 Å². The molecule has 5 nitrogen and oxygen atoms in total. The lowest BCUT2D eigenvalue weighted by molar-refractivity contribution is -0.138. The van der Waals surface area contributed by atoms with Crippen LogP contribution in [0.15, 0.2) is 0 Å². The first-order chi connectivity index (χ1) is 7.50. The van der Waals surface area contributed by atoms with Crippen LogP contribution in [0.3, 0.4) is 0 Å². The zero-order valence-electron chi connectivity index (χ0n) is 9.06. The van der Waals surface area contributed by atoms with Crippen LogP contribution in [-0.4, -0.2) is 46.4 Å². The summed E-state index contributed by atoms with van der Waals surface area (Å²) in [5.41, 5.74) is 5.36. The minimum Gasteiger partial charge on any atom is -0.480 e. The molecular formula is C10H17ClN2O3. The zero-order chi connectivity index (χ0) is 12.1. The van der Waals surface area contributed by atoms with Crippen LogP contribution < -0.4 is 5.73 Å². The van der Waals surface area contributed by atoms with Gasteiger partial charge in [-0.2, -0.15) is 0 Å². The van der Waals surface area contributed by atoms with E-state index in [2.05, 4.69) is 0 Å². The average molecular weight is 249 g/mol. The monoisotopic (exact) mass is 248 g/mol. The minimum atomic E-state index is -0.974. The summed E-state index contributed by atoms with van der Waals surface area (Å²) in [7, 11) is 0. The molecule has 0 aromatic rings. The molecule has 92 valence electrons. The molecule has 6 heteroatoms. The number of amides is 1. The number of carbonyl (C=O) groups is 2. The Balaban J connectivity index is 2.12. The van der Waals surface area contributed by atoms with E-state index < -0.39 is 12.0 Å². The van der Waals surface area contributed by atoms with Crippen molar-refractivity contribution in [3.8, 4) is 0 Å². The highest BCUT2D eigenvalue weighted by atomic mass is 35.5. The second kappa shape index (κ2) is 6.06. The van der Waals surface area contributed by atoms with Crippen LogP contribution in [0.25, 0.3) is 0 Å². The molecular weight excluding hydrogens is 232 g/mol. The van der Waals surface area contributed by atoms with Crippen molar-refractivity contribution in [1.29, 1.82) is 0 Å². The number of hydrogen-bond acceptors (Lipinski definition) is 3. The maximum Gasteiger partial charge on any atom is 0.320 e. The number of nitrogens with two attached hydrogens (primary N) is 1. The van der Waals surface area contributed by atoms with E-state index in [4.69, 9.17) is 22.4 Å². The Hall–Kier alpha value is -0.810. The molecule has 0 radical (unpaired) electrons. The fourth-order valence-electron chi connectivity index (χ4n) is 1.73. The fraction of sp³-hybridized carbons (Fsp3) is 0.800. The number of aliphatic carboxylic acids is 1. The van der Waals surface area contributed by atoms with Gasteiger partial charge in [0.2, 0.25) is 5.91 Å². The molecule has 0 spiro atoms. The Morgan fingerprint density at radius 2 is 2.31 bits per heavy atom. The van der Waals surface area contributed by atoms with E-state index in [0.29, 0.717) is 32.4 Å². The molecule has 1 aliphatic heterocycles. The molecule has 1 heterocycles. The quantitative estimate of drug-likeness (QED) is 0.527. The largest absolute Gasteiger partial charge is 0.480 e. The summed E-state index contributed by atoms with van der Waals surface area (Å²) < 4.78 is 0. The maximum absolute atomic E-state index is 11.3. The van der Waals surface area contributed by atoms with Crippen LogP contribution >= 0.6 is 11.6 Å². The van der Waals surface area contributed by atoms with Gasteiger partial charge in [-0.1, -0.05) is 0 Å². The summed E-state index contributed by atoms with van der Waals surface area (Å²) in [6.07, 6.45) is 2.35. The molecule has 0 aliphatic carbocycles. The highest BCUT2D eigenvalue weighted by Crippen LogP contribution is 2.16.